The van der Waals surface area contributed by atoms with E-state index in [1.54, 1.807) is 24.3 Å². The van der Waals surface area contributed by atoms with Crippen LogP contribution < -0.4 is 5.32 Å². The number of aliphatic carboxylic acids is 1. The van der Waals surface area contributed by atoms with E-state index in [4.69, 9.17) is 0 Å². The van der Waals surface area contributed by atoms with Crippen molar-refractivity contribution in [3.05, 3.63) is 29.8 Å². The smallest absolute Gasteiger partial charge is 0.303 e. The van der Waals surface area contributed by atoms with Gasteiger partial charge in [-0.05, 0) is 43.2 Å². The summed E-state index contributed by atoms with van der Waals surface area (Å²) in [7, 11) is 0. The Balaban J connectivity index is 1.71. The number of nitrogens with one attached hydrogen (secondary N) is 1. The lowest BCUT2D eigenvalue weighted by molar-refractivity contribution is -0.140. The standard InChI is InChI=1S/C21H28N2O4/c24-18(14-21(15-19(25)26)10-4-1-5-11-21)22-17-9-3-2-8-16(17)20(27)23-12-6-7-13-23/h2-3,8-9H,1,4-7,10-15H2,(H,22,24)(H,25,26). The molecule has 1 aliphatic carbocycles. The highest BCUT2D eigenvalue weighted by molar-refractivity contribution is 6.04. The molecule has 0 spiro atoms. The normalized spacial score (nSPS) is 18.9. The van der Waals surface area contributed by atoms with Crippen molar-refractivity contribution < 1.29 is 19.5 Å². The summed E-state index contributed by atoms with van der Waals surface area (Å²) in [6.07, 6.45) is 6.78. The predicted octanol–water partition coefficient (Wildman–Crippen LogP) is 3.68. The second-order valence-corrected chi connectivity index (χ2v) is 7.90. The van der Waals surface area contributed by atoms with E-state index in [1.165, 1.54) is 0 Å². The minimum atomic E-state index is -0.852. The minimum Gasteiger partial charge on any atom is -0.481 e. The van der Waals surface area contributed by atoms with E-state index in [0.717, 1.165) is 58.0 Å². The van der Waals surface area contributed by atoms with E-state index < -0.39 is 11.4 Å². The summed E-state index contributed by atoms with van der Waals surface area (Å²) in [5.74, 6) is -1.12. The molecule has 6 heteroatoms. The number of rotatable bonds is 6. The second-order valence-electron chi connectivity index (χ2n) is 7.90. The van der Waals surface area contributed by atoms with E-state index in [-0.39, 0.29) is 24.7 Å². The molecular formula is C21H28N2O4. The summed E-state index contributed by atoms with van der Waals surface area (Å²) in [4.78, 5) is 38.6. The molecule has 2 amide bonds. The van der Waals surface area contributed by atoms with Gasteiger partial charge < -0.3 is 15.3 Å². The van der Waals surface area contributed by atoms with Crippen molar-refractivity contribution in [1.29, 1.82) is 0 Å². The number of carboxylic acid groups (broad SMARTS) is 1. The van der Waals surface area contributed by atoms with Gasteiger partial charge in [0.25, 0.3) is 5.91 Å². The van der Waals surface area contributed by atoms with E-state index in [2.05, 4.69) is 5.32 Å². The number of carbonyl (C=O) groups is 3. The van der Waals surface area contributed by atoms with E-state index in [0.29, 0.717) is 11.3 Å². The molecule has 6 nitrogen and oxygen atoms in total. The summed E-state index contributed by atoms with van der Waals surface area (Å²) in [5.41, 5.74) is 0.548. The fourth-order valence-electron chi connectivity index (χ4n) is 4.44. The van der Waals surface area contributed by atoms with E-state index in [1.807, 2.05) is 4.90 Å². The molecule has 0 radical (unpaired) electrons. The van der Waals surface area contributed by atoms with Crippen LogP contribution in [0.4, 0.5) is 5.69 Å². The number of carbonyl (C=O) groups excluding carboxylic acids is 2. The molecule has 3 rings (SSSR count). The zero-order valence-corrected chi connectivity index (χ0v) is 15.7. The maximum absolute atomic E-state index is 12.7. The maximum atomic E-state index is 12.7. The Kier molecular flexibility index (Phi) is 6.14. The van der Waals surface area contributed by atoms with Crippen LogP contribution in [0.25, 0.3) is 0 Å². The molecule has 27 heavy (non-hydrogen) atoms. The van der Waals surface area contributed by atoms with Gasteiger partial charge in [0.1, 0.15) is 0 Å². The monoisotopic (exact) mass is 372 g/mol. The highest BCUT2D eigenvalue weighted by Gasteiger charge is 2.36. The molecule has 2 aliphatic rings. The van der Waals surface area contributed by atoms with Crippen molar-refractivity contribution >= 4 is 23.5 Å². The van der Waals surface area contributed by atoms with Crippen LogP contribution in [0.5, 0.6) is 0 Å². The Morgan fingerprint density at radius 2 is 1.63 bits per heavy atom. The fraction of sp³-hybridized carbons (Fsp3) is 0.571. The van der Waals surface area contributed by atoms with Gasteiger partial charge >= 0.3 is 5.97 Å². The van der Waals surface area contributed by atoms with Crippen LogP contribution in [0.15, 0.2) is 24.3 Å². The van der Waals surface area contributed by atoms with Gasteiger partial charge in [-0.3, -0.25) is 14.4 Å². The number of anilines is 1. The topological polar surface area (TPSA) is 86.7 Å². The van der Waals surface area contributed by atoms with Crippen LogP contribution in [0.3, 0.4) is 0 Å². The number of para-hydroxylation sites is 1. The third-order valence-corrected chi connectivity index (χ3v) is 5.80. The van der Waals surface area contributed by atoms with Crippen molar-refractivity contribution in [2.24, 2.45) is 5.41 Å². The Morgan fingerprint density at radius 1 is 0.963 bits per heavy atom. The predicted molar refractivity (Wildman–Crippen MR) is 103 cm³/mol. The minimum absolute atomic E-state index is 0.0226. The Bertz CT molecular complexity index is 704. The van der Waals surface area contributed by atoms with E-state index in [9.17, 15) is 19.5 Å². The first-order valence-corrected chi connectivity index (χ1v) is 9.89. The van der Waals surface area contributed by atoms with E-state index >= 15 is 0 Å². The van der Waals surface area contributed by atoms with Crippen LogP contribution in [0.2, 0.25) is 0 Å². The SMILES string of the molecule is O=C(O)CC1(CC(=O)Nc2ccccc2C(=O)N2CCCC2)CCCCC1. The molecule has 2 fully saturated rings. The van der Waals surface area contributed by atoms with Crippen molar-refractivity contribution in [3.63, 3.8) is 0 Å². The van der Waals surface area contributed by atoms with Crippen LogP contribution in [-0.2, 0) is 9.59 Å². The van der Waals surface area contributed by atoms with Gasteiger partial charge in [0.2, 0.25) is 5.91 Å². The largest absolute Gasteiger partial charge is 0.481 e. The number of hydrogen-bond acceptors (Lipinski definition) is 3. The summed E-state index contributed by atoms with van der Waals surface area (Å²) in [6, 6.07) is 7.08. The average Bonchev–Trinajstić information content (AvgIpc) is 3.16. The van der Waals surface area contributed by atoms with Crippen LogP contribution in [-0.4, -0.2) is 40.9 Å². The highest BCUT2D eigenvalue weighted by atomic mass is 16.4. The molecule has 0 atom stereocenters. The molecule has 146 valence electrons. The molecule has 0 unspecified atom stereocenters. The Labute approximate surface area is 159 Å². The van der Waals surface area contributed by atoms with Gasteiger partial charge in [-0.2, -0.15) is 0 Å². The highest BCUT2D eigenvalue weighted by Crippen LogP contribution is 2.42. The lowest BCUT2D eigenvalue weighted by Gasteiger charge is -2.35. The van der Waals surface area contributed by atoms with Crippen LogP contribution in [0.1, 0.15) is 68.1 Å². The number of amides is 2. The summed E-state index contributed by atoms with van der Waals surface area (Å²) in [5, 5.41) is 12.2. The van der Waals surface area contributed by atoms with Crippen LogP contribution >= 0.6 is 0 Å². The van der Waals surface area contributed by atoms with Crippen molar-refractivity contribution in [2.45, 2.75) is 57.8 Å². The second kappa shape index (κ2) is 8.55. The molecule has 1 aromatic rings. The average molecular weight is 372 g/mol. The number of nitrogens with zero attached hydrogens (tertiary/aromatic N) is 1. The molecule has 1 aliphatic heterocycles. The zero-order chi connectivity index (χ0) is 19.3. The molecule has 0 bridgehead atoms. The van der Waals surface area contributed by atoms with Crippen molar-refractivity contribution in [2.75, 3.05) is 18.4 Å². The fourth-order valence-corrected chi connectivity index (χ4v) is 4.44. The van der Waals surface area contributed by atoms with Gasteiger partial charge in [-0.25, -0.2) is 0 Å². The number of carboxylic acids is 1. The van der Waals surface area contributed by atoms with Crippen molar-refractivity contribution in [1.82, 2.24) is 4.90 Å². The van der Waals surface area contributed by atoms with Gasteiger partial charge in [0.15, 0.2) is 0 Å². The van der Waals surface area contributed by atoms with Gasteiger partial charge in [-0.1, -0.05) is 31.4 Å². The number of benzene rings is 1. The number of hydrogen-bond donors (Lipinski definition) is 2. The molecule has 2 N–H and O–H groups in total. The third kappa shape index (κ3) is 4.87. The first-order chi connectivity index (χ1) is 13.0. The number of likely N-dealkylation sites (tertiary alicyclic amines) is 1. The van der Waals surface area contributed by atoms with Crippen LogP contribution in [0, 0.1) is 5.41 Å². The first-order valence-electron chi connectivity index (χ1n) is 9.89. The molecule has 1 saturated heterocycles. The molecule has 1 heterocycles. The molecule has 1 saturated carbocycles. The Morgan fingerprint density at radius 3 is 2.30 bits per heavy atom. The molecular weight excluding hydrogens is 344 g/mol. The van der Waals surface area contributed by atoms with Gasteiger partial charge in [0, 0.05) is 19.5 Å². The molecule has 1 aromatic carbocycles. The summed E-state index contributed by atoms with van der Waals surface area (Å²) >= 11 is 0. The Hall–Kier alpha value is -2.37. The summed E-state index contributed by atoms with van der Waals surface area (Å²) in [6.45, 7) is 1.51. The third-order valence-electron chi connectivity index (χ3n) is 5.80. The van der Waals surface area contributed by atoms with Gasteiger partial charge in [-0.15, -0.1) is 0 Å². The quantitative estimate of drug-likeness (QED) is 0.797. The lowest BCUT2D eigenvalue weighted by atomic mass is 9.69. The summed E-state index contributed by atoms with van der Waals surface area (Å²) < 4.78 is 0. The van der Waals surface area contributed by atoms with Crippen molar-refractivity contribution in [3.8, 4) is 0 Å². The molecule has 0 aromatic heterocycles. The zero-order valence-electron chi connectivity index (χ0n) is 15.7. The first kappa shape index (κ1) is 19.4. The van der Waals surface area contributed by atoms with Gasteiger partial charge in [0.05, 0.1) is 17.7 Å². The maximum Gasteiger partial charge on any atom is 0.303 e. The lowest BCUT2D eigenvalue weighted by Crippen LogP contribution is -2.33.